The Morgan fingerprint density at radius 3 is 2.70 bits per heavy atom. The third-order valence-electron chi connectivity index (χ3n) is 3.33. The minimum atomic E-state index is -0.904. The summed E-state index contributed by atoms with van der Waals surface area (Å²) in [6.07, 6.45) is 4.14. The third kappa shape index (κ3) is 3.05. The fourth-order valence-electron chi connectivity index (χ4n) is 2.02. The predicted molar refractivity (Wildman–Crippen MR) is 72.4 cm³/mol. The zero-order valence-electron chi connectivity index (χ0n) is 11.0. The molecule has 1 aromatic heterocycles. The van der Waals surface area contributed by atoms with Crippen LogP contribution in [0.15, 0.2) is 34.9 Å². The van der Waals surface area contributed by atoms with E-state index in [1.165, 1.54) is 12.8 Å². The van der Waals surface area contributed by atoms with Gasteiger partial charge in [0.2, 0.25) is 0 Å². The number of aromatic nitrogens is 1. The van der Waals surface area contributed by atoms with Crippen LogP contribution in [0.3, 0.4) is 0 Å². The molecule has 1 heterocycles. The maximum absolute atomic E-state index is 10.7. The van der Waals surface area contributed by atoms with E-state index in [0.717, 1.165) is 17.2 Å². The molecule has 20 heavy (non-hydrogen) atoms. The Kier molecular flexibility index (Phi) is 3.52. The lowest BCUT2D eigenvalue weighted by molar-refractivity contribution is 0.0697. The monoisotopic (exact) mass is 272 g/mol. The number of carboxylic acid groups (broad SMARTS) is 1. The first-order valence-corrected chi connectivity index (χ1v) is 6.70. The molecule has 0 saturated heterocycles. The van der Waals surface area contributed by atoms with Gasteiger partial charge in [0.1, 0.15) is 5.76 Å². The molecule has 1 aromatic carbocycles. The van der Waals surface area contributed by atoms with Crippen molar-refractivity contribution in [3.63, 3.8) is 0 Å². The topological polar surface area (TPSA) is 75.4 Å². The molecule has 0 atom stereocenters. The van der Waals surface area contributed by atoms with E-state index in [-0.39, 0.29) is 0 Å². The molecule has 1 fully saturated rings. The van der Waals surface area contributed by atoms with Gasteiger partial charge in [-0.05, 0) is 30.5 Å². The lowest BCUT2D eigenvalue weighted by Gasteiger charge is -2.03. The van der Waals surface area contributed by atoms with E-state index in [4.69, 9.17) is 9.52 Å². The van der Waals surface area contributed by atoms with Crippen molar-refractivity contribution < 1.29 is 14.3 Å². The zero-order valence-corrected chi connectivity index (χ0v) is 11.0. The number of carboxylic acids is 1. The molecule has 5 heteroatoms. The summed E-state index contributed by atoms with van der Waals surface area (Å²) >= 11 is 0. The highest BCUT2D eigenvalue weighted by Gasteiger charge is 2.28. The summed E-state index contributed by atoms with van der Waals surface area (Å²) in [6, 6.07) is 6.84. The molecule has 2 aromatic rings. The second-order valence-corrected chi connectivity index (χ2v) is 5.04. The average molecular weight is 272 g/mol. The van der Waals surface area contributed by atoms with Crippen LogP contribution < -0.4 is 5.32 Å². The van der Waals surface area contributed by atoms with Gasteiger partial charge in [0.25, 0.3) is 0 Å². The molecular weight excluding hydrogens is 256 g/mol. The van der Waals surface area contributed by atoms with Gasteiger partial charge < -0.3 is 14.8 Å². The molecule has 0 aliphatic heterocycles. The summed E-state index contributed by atoms with van der Waals surface area (Å²) < 4.78 is 5.64. The number of nitrogens with zero attached hydrogens (tertiary/aromatic N) is 1. The molecule has 1 aliphatic carbocycles. The van der Waals surface area contributed by atoms with Crippen LogP contribution in [0.1, 0.15) is 46.3 Å². The van der Waals surface area contributed by atoms with E-state index in [0.29, 0.717) is 24.6 Å². The first-order valence-electron chi connectivity index (χ1n) is 6.70. The fraction of sp³-hybridized carbons (Fsp3) is 0.333. The molecule has 1 saturated carbocycles. The van der Waals surface area contributed by atoms with E-state index < -0.39 is 5.97 Å². The van der Waals surface area contributed by atoms with Crippen LogP contribution in [-0.4, -0.2) is 16.1 Å². The number of hydrogen-bond donors (Lipinski definition) is 2. The second kappa shape index (κ2) is 5.46. The molecule has 0 bridgehead atoms. The smallest absolute Gasteiger partial charge is 0.335 e. The van der Waals surface area contributed by atoms with Crippen molar-refractivity contribution in [2.45, 2.75) is 31.8 Å². The molecule has 5 nitrogen and oxygen atoms in total. The van der Waals surface area contributed by atoms with Crippen LogP contribution in [-0.2, 0) is 13.1 Å². The fourth-order valence-corrected chi connectivity index (χ4v) is 2.02. The van der Waals surface area contributed by atoms with Crippen LogP contribution >= 0.6 is 0 Å². The van der Waals surface area contributed by atoms with Crippen molar-refractivity contribution in [1.82, 2.24) is 10.3 Å². The van der Waals surface area contributed by atoms with Crippen molar-refractivity contribution in [3.8, 4) is 0 Å². The maximum atomic E-state index is 10.7. The highest BCUT2D eigenvalue weighted by molar-refractivity contribution is 5.87. The molecule has 0 amide bonds. The summed E-state index contributed by atoms with van der Waals surface area (Å²) in [5.74, 6) is 1.33. The van der Waals surface area contributed by atoms with Crippen molar-refractivity contribution in [3.05, 3.63) is 53.2 Å². The molecule has 0 radical (unpaired) electrons. The molecule has 3 rings (SSSR count). The van der Waals surface area contributed by atoms with Crippen molar-refractivity contribution in [1.29, 1.82) is 0 Å². The van der Waals surface area contributed by atoms with E-state index in [9.17, 15) is 4.79 Å². The SMILES string of the molecule is O=C(O)c1ccc(CNCc2cnc(C3CC3)o2)cc1. The van der Waals surface area contributed by atoms with E-state index in [1.807, 2.05) is 12.1 Å². The number of nitrogens with one attached hydrogen (secondary N) is 1. The Labute approximate surface area is 116 Å². The number of rotatable bonds is 6. The third-order valence-corrected chi connectivity index (χ3v) is 3.33. The van der Waals surface area contributed by atoms with Gasteiger partial charge in [-0.3, -0.25) is 0 Å². The van der Waals surface area contributed by atoms with Crippen LogP contribution in [0.25, 0.3) is 0 Å². The van der Waals surface area contributed by atoms with Gasteiger partial charge in [-0.15, -0.1) is 0 Å². The summed E-state index contributed by atoms with van der Waals surface area (Å²) in [7, 11) is 0. The summed E-state index contributed by atoms with van der Waals surface area (Å²) in [6.45, 7) is 1.29. The minimum absolute atomic E-state index is 0.304. The number of carbonyl (C=O) groups is 1. The first kappa shape index (κ1) is 12.9. The molecule has 104 valence electrons. The number of benzene rings is 1. The van der Waals surface area contributed by atoms with Gasteiger partial charge >= 0.3 is 5.97 Å². The lowest BCUT2D eigenvalue weighted by atomic mass is 10.1. The summed E-state index contributed by atoms with van der Waals surface area (Å²) in [5.41, 5.74) is 1.34. The quantitative estimate of drug-likeness (QED) is 0.845. The molecule has 0 spiro atoms. The lowest BCUT2D eigenvalue weighted by Crippen LogP contribution is -2.12. The van der Waals surface area contributed by atoms with E-state index in [1.54, 1.807) is 18.3 Å². The Balaban J connectivity index is 1.49. The first-order chi connectivity index (χ1) is 9.72. The van der Waals surface area contributed by atoms with Gasteiger partial charge in [-0.25, -0.2) is 9.78 Å². The number of oxazole rings is 1. The standard InChI is InChI=1S/C15H16N2O3/c18-15(19)12-3-1-10(2-4-12)7-16-8-13-9-17-14(20-13)11-5-6-11/h1-4,9,11,16H,5-8H2,(H,18,19). The normalized spacial score (nSPS) is 14.4. The van der Waals surface area contributed by atoms with Crippen LogP contribution in [0, 0.1) is 0 Å². The Morgan fingerprint density at radius 1 is 1.30 bits per heavy atom. The minimum Gasteiger partial charge on any atom is -0.478 e. The molecular formula is C15H16N2O3. The molecule has 2 N–H and O–H groups in total. The Hall–Kier alpha value is -2.14. The van der Waals surface area contributed by atoms with E-state index in [2.05, 4.69) is 10.3 Å². The van der Waals surface area contributed by atoms with Crippen molar-refractivity contribution >= 4 is 5.97 Å². The van der Waals surface area contributed by atoms with Gasteiger partial charge in [0, 0.05) is 12.5 Å². The van der Waals surface area contributed by atoms with E-state index >= 15 is 0 Å². The number of aromatic carboxylic acids is 1. The Bertz CT molecular complexity index is 600. The summed E-state index contributed by atoms with van der Waals surface area (Å²) in [5, 5.41) is 12.1. The van der Waals surface area contributed by atoms with Gasteiger partial charge in [-0.2, -0.15) is 0 Å². The average Bonchev–Trinajstić information content (AvgIpc) is 3.20. The largest absolute Gasteiger partial charge is 0.478 e. The van der Waals surface area contributed by atoms with Crippen molar-refractivity contribution in [2.75, 3.05) is 0 Å². The molecule has 0 unspecified atom stereocenters. The van der Waals surface area contributed by atoms with Gasteiger partial charge in [0.05, 0.1) is 18.3 Å². The van der Waals surface area contributed by atoms with Crippen LogP contribution in [0.5, 0.6) is 0 Å². The summed E-state index contributed by atoms with van der Waals surface area (Å²) in [4.78, 5) is 15.0. The van der Waals surface area contributed by atoms with Crippen molar-refractivity contribution in [2.24, 2.45) is 0 Å². The van der Waals surface area contributed by atoms with Gasteiger partial charge in [0.15, 0.2) is 5.89 Å². The number of hydrogen-bond acceptors (Lipinski definition) is 4. The highest BCUT2D eigenvalue weighted by Crippen LogP contribution is 2.39. The highest BCUT2D eigenvalue weighted by atomic mass is 16.4. The molecule has 1 aliphatic rings. The van der Waals surface area contributed by atoms with Crippen LogP contribution in [0.2, 0.25) is 0 Å². The predicted octanol–water partition coefficient (Wildman–Crippen LogP) is 2.54. The zero-order chi connectivity index (χ0) is 13.9. The maximum Gasteiger partial charge on any atom is 0.335 e. The Morgan fingerprint density at radius 2 is 2.05 bits per heavy atom. The van der Waals surface area contributed by atoms with Crippen LogP contribution in [0.4, 0.5) is 0 Å². The van der Waals surface area contributed by atoms with Gasteiger partial charge in [-0.1, -0.05) is 12.1 Å². The second-order valence-electron chi connectivity index (χ2n) is 5.04.